The van der Waals surface area contributed by atoms with E-state index < -0.39 is 0 Å². The predicted molar refractivity (Wildman–Crippen MR) is 111 cm³/mol. The second kappa shape index (κ2) is 9.30. The highest BCUT2D eigenvalue weighted by Crippen LogP contribution is 2.23. The molecule has 1 fully saturated rings. The highest BCUT2D eigenvalue weighted by Gasteiger charge is 2.24. The molecule has 0 N–H and O–H groups in total. The average Bonchev–Trinajstić information content (AvgIpc) is 2.98. The van der Waals surface area contributed by atoms with Gasteiger partial charge in [-0.25, -0.2) is 0 Å². The van der Waals surface area contributed by atoms with Crippen molar-refractivity contribution >= 4 is 10.8 Å². The van der Waals surface area contributed by atoms with Crippen molar-refractivity contribution in [2.24, 2.45) is 0 Å². The van der Waals surface area contributed by atoms with E-state index in [2.05, 4.69) is 47.4 Å². The Hall–Kier alpha value is -2.24. The molecule has 0 bridgehead atoms. The average molecular weight is 377 g/mol. The van der Waals surface area contributed by atoms with Gasteiger partial charge in [0, 0.05) is 32.3 Å². The molecule has 3 aromatic rings. The standard InChI is InChI=1S/C24H27NO3/c1-26-24(20-9-3-2-4-10-20)28-22-17-25(14-15-27-18-22)16-21-12-7-11-19-8-5-6-13-23(19)21/h2-13,22,24H,14-18H2,1H3/t22-,24+/m0/s1. The molecule has 0 radical (unpaired) electrons. The molecule has 0 spiro atoms. The minimum Gasteiger partial charge on any atom is -0.377 e. The molecule has 4 heteroatoms. The van der Waals surface area contributed by atoms with Gasteiger partial charge in [-0.15, -0.1) is 0 Å². The molecule has 28 heavy (non-hydrogen) atoms. The van der Waals surface area contributed by atoms with Crippen LogP contribution in [0.3, 0.4) is 0 Å². The Bertz CT molecular complexity index is 878. The number of ether oxygens (including phenoxy) is 3. The van der Waals surface area contributed by atoms with Crippen LogP contribution in [0, 0.1) is 0 Å². The van der Waals surface area contributed by atoms with Crippen LogP contribution in [-0.4, -0.2) is 44.4 Å². The normalized spacial score (nSPS) is 19.4. The third-order valence-corrected chi connectivity index (χ3v) is 5.19. The lowest BCUT2D eigenvalue weighted by Crippen LogP contribution is -2.35. The summed E-state index contributed by atoms with van der Waals surface area (Å²) in [6.07, 6.45) is -0.421. The van der Waals surface area contributed by atoms with E-state index in [1.807, 2.05) is 30.3 Å². The van der Waals surface area contributed by atoms with Crippen LogP contribution in [-0.2, 0) is 20.8 Å². The van der Waals surface area contributed by atoms with Crippen LogP contribution in [0.4, 0.5) is 0 Å². The Morgan fingerprint density at radius 3 is 2.64 bits per heavy atom. The molecule has 0 amide bonds. The van der Waals surface area contributed by atoms with Crippen molar-refractivity contribution in [3.05, 3.63) is 83.9 Å². The monoisotopic (exact) mass is 377 g/mol. The Morgan fingerprint density at radius 1 is 1.00 bits per heavy atom. The molecule has 146 valence electrons. The molecular weight excluding hydrogens is 350 g/mol. The fourth-order valence-electron chi connectivity index (χ4n) is 3.79. The van der Waals surface area contributed by atoms with E-state index in [0.717, 1.165) is 25.2 Å². The molecule has 0 unspecified atom stereocenters. The van der Waals surface area contributed by atoms with Gasteiger partial charge in [0.2, 0.25) is 0 Å². The van der Waals surface area contributed by atoms with Crippen LogP contribution < -0.4 is 0 Å². The highest BCUT2D eigenvalue weighted by molar-refractivity contribution is 5.85. The second-order valence-electron chi connectivity index (χ2n) is 7.18. The van der Waals surface area contributed by atoms with Crippen molar-refractivity contribution in [1.82, 2.24) is 4.90 Å². The number of rotatable bonds is 6. The van der Waals surface area contributed by atoms with Crippen LogP contribution in [0.1, 0.15) is 17.4 Å². The van der Waals surface area contributed by atoms with Crippen LogP contribution in [0.5, 0.6) is 0 Å². The summed E-state index contributed by atoms with van der Waals surface area (Å²) in [6, 6.07) is 25.1. The SMILES string of the molecule is CO[C@H](O[C@@H]1COCCN(Cc2cccc3ccccc23)C1)c1ccccc1. The molecule has 4 rings (SSSR count). The van der Waals surface area contributed by atoms with Crippen molar-refractivity contribution in [3.63, 3.8) is 0 Å². The van der Waals surface area contributed by atoms with E-state index in [9.17, 15) is 0 Å². The maximum absolute atomic E-state index is 6.27. The summed E-state index contributed by atoms with van der Waals surface area (Å²) >= 11 is 0. The summed E-state index contributed by atoms with van der Waals surface area (Å²) in [7, 11) is 1.68. The van der Waals surface area contributed by atoms with E-state index in [1.54, 1.807) is 7.11 Å². The van der Waals surface area contributed by atoms with E-state index in [0.29, 0.717) is 13.2 Å². The van der Waals surface area contributed by atoms with Crippen LogP contribution in [0.15, 0.2) is 72.8 Å². The minimum absolute atomic E-state index is 0.0392. The molecule has 0 saturated carbocycles. The maximum atomic E-state index is 6.27. The first-order chi connectivity index (χ1) is 13.8. The lowest BCUT2D eigenvalue weighted by molar-refractivity contribution is -0.172. The van der Waals surface area contributed by atoms with Gasteiger partial charge in [-0.2, -0.15) is 0 Å². The molecule has 1 aliphatic rings. The van der Waals surface area contributed by atoms with Gasteiger partial charge in [-0.3, -0.25) is 4.90 Å². The van der Waals surface area contributed by atoms with Gasteiger partial charge in [-0.05, 0) is 16.3 Å². The van der Waals surface area contributed by atoms with Crippen LogP contribution in [0.2, 0.25) is 0 Å². The molecule has 1 aliphatic heterocycles. The number of nitrogens with zero attached hydrogens (tertiary/aromatic N) is 1. The molecule has 4 nitrogen and oxygen atoms in total. The van der Waals surface area contributed by atoms with Crippen molar-refractivity contribution in [1.29, 1.82) is 0 Å². The molecule has 0 aromatic heterocycles. The number of hydrogen-bond acceptors (Lipinski definition) is 4. The molecule has 1 heterocycles. The quantitative estimate of drug-likeness (QED) is 0.596. The van der Waals surface area contributed by atoms with Gasteiger partial charge >= 0.3 is 0 Å². The lowest BCUT2D eigenvalue weighted by atomic mass is 10.0. The zero-order valence-electron chi connectivity index (χ0n) is 16.3. The van der Waals surface area contributed by atoms with E-state index in [4.69, 9.17) is 14.2 Å². The Morgan fingerprint density at radius 2 is 1.79 bits per heavy atom. The zero-order chi connectivity index (χ0) is 19.2. The first-order valence-electron chi connectivity index (χ1n) is 9.83. The van der Waals surface area contributed by atoms with Gasteiger partial charge in [0.15, 0.2) is 6.29 Å². The molecular formula is C24H27NO3. The van der Waals surface area contributed by atoms with Crippen molar-refractivity contribution < 1.29 is 14.2 Å². The van der Waals surface area contributed by atoms with E-state index in [1.165, 1.54) is 16.3 Å². The van der Waals surface area contributed by atoms with Crippen LogP contribution >= 0.6 is 0 Å². The van der Waals surface area contributed by atoms with Crippen LogP contribution in [0.25, 0.3) is 10.8 Å². The van der Waals surface area contributed by atoms with Gasteiger partial charge < -0.3 is 14.2 Å². The van der Waals surface area contributed by atoms with Gasteiger partial charge in [0.05, 0.1) is 19.3 Å². The topological polar surface area (TPSA) is 30.9 Å². The summed E-state index contributed by atoms with van der Waals surface area (Å²) in [4.78, 5) is 2.41. The smallest absolute Gasteiger partial charge is 0.183 e. The third kappa shape index (κ3) is 4.59. The Kier molecular flexibility index (Phi) is 6.34. The zero-order valence-corrected chi connectivity index (χ0v) is 16.3. The third-order valence-electron chi connectivity index (χ3n) is 5.19. The fraction of sp³-hybridized carbons (Fsp3) is 0.333. The van der Waals surface area contributed by atoms with Gasteiger partial charge in [0.1, 0.15) is 0 Å². The fourth-order valence-corrected chi connectivity index (χ4v) is 3.79. The Balaban J connectivity index is 1.46. The second-order valence-corrected chi connectivity index (χ2v) is 7.18. The van der Waals surface area contributed by atoms with Crippen molar-refractivity contribution in [2.45, 2.75) is 18.9 Å². The summed E-state index contributed by atoms with van der Waals surface area (Å²) in [5, 5.41) is 2.59. The number of fused-ring (bicyclic) bond motifs is 1. The summed E-state index contributed by atoms with van der Waals surface area (Å²) in [5.74, 6) is 0. The molecule has 3 aromatic carbocycles. The number of methoxy groups -OCH3 is 1. The molecule has 2 atom stereocenters. The van der Waals surface area contributed by atoms with E-state index in [-0.39, 0.29) is 12.4 Å². The van der Waals surface area contributed by atoms with E-state index >= 15 is 0 Å². The van der Waals surface area contributed by atoms with Gasteiger partial charge in [-0.1, -0.05) is 72.8 Å². The van der Waals surface area contributed by atoms with Gasteiger partial charge in [0.25, 0.3) is 0 Å². The first kappa shape index (κ1) is 19.1. The highest BCUT2D eigenvalue weighted by atomic mass is 16.7. The first-order valence-corrected chi connectivity index (χ1v) is 9.83. The Labute approximate surface area is 166 Å². The molecule has 0 aliphatic carbocycles. The minimum atomic E-state index is -0.382. The predicted octanol–water partition coefficient (Wildman–Crippen LogP) is 4.40. The van der Waals surface area contributed by atoms with Crippen molar-refractivity contribution in [2.75, 3.05) is 33.4 Å². The lowest BCUT2D eigenvalue weighted by Gasteiger charge is -2.27. The van der Waals surface area contributed by atoms with Crippen molar-refractivity contribution in [3.8, 4) is 0 Å². The molecule has 1 saturated heterocycles. The summed E-state index contributed by atoms with van der Waals surface area (Å²) < 4.78 is 17.7. The maximum Gasteiger partial charge on any atom is 0.183 e. The summed E-state index contributed by atoms with van der Waals surface area (Å²) in [5.41, 5.74) is 2.36. The summed E-state index contributed by atoms with van der Waals surface area (Å²) in [6.45, 7) is 3.89. The largest absolute Gasteiger partial charge is 0.377 e. The number of benzene rings is 3. The number of hydrogen-bond donors (Lipinski definition) is 0.